The molecule has 0 aliphatic heterocycles. The molecule has 0 radical (unpaired) electrons. The highest BCUT2D eigenvalue weighted by Gasteiger charge is 2.34. The van der Waals surface area contributed by atoms with Gasteiger partial charge in [-0.1, -0.05) is 57.5 Å². The molecule has 5 rings (SSSR count). The van der Waals surface area contributed by atoms with Crippen LogP contribution in [0.4, 0.5) is 5.00 Å². The zero-order chi connectivity index (χ0) is 26.3. The first-order valence-electron chi connectivity index (χ1n) is 13.0. The molecule has 4 aromatic rings. The van der Waals surface area contributed by atoms with Crippen molar-refractivity contribution in [2.75, 3.05) is 5.32 Å². The van der Waals surface area contributed by atoms with Crippen LogP contribution < -0.4 is 5.32 Å². The number of nitriles is 1. The lowest BCUT2D eigenvalue weighted by molar-refractivity contribution is 0.102. The van der Waals surface area contributed by atoms with Gasteiger partial charge in [-0.25, -0.2) is 4.98 Å². The summed E-state index contributed by atoms with van der Waals surface area (Å²) in [5.41, 5.74) is 7.52. The lowest BCUT2D eigenvalue weighted by atomic mass is 9.69. The largest absolute Gasteiger partial charge is 0.312 e. The smallest absolute Gasteiger partial charge is 0.257 e. The number of carbonyl (C=O) groups excluding carboxylic acids is 1. The van der Waals surface area contributed by atoms with Crippen molar-refractivity contribution in [2.45, 2.75) is 60.3 Å². The lowest BCUT2D eigenvalue weighted by Gasteiger charge is -2.36. The molecule has 4 nitrogen and oxygen atoms in total. The molecule has 0 saturated heterocycles. The second kappa shape index (κ2) is 9.76. The third-order valence-corrected chi connectivity index (χ3v) is 9.55. The normalized spacial score (nSPS) is 15.3. The standard InChI is InChI=1S/C32H33N3OS/c1-6-32(4,5)22-13-14-24-26(18-33)31(37-29(24)16-22)35-30(36)25-17-28(21-12-11-19(2)20(3)15-21)34-27-10-8-7-9-23(25)27/h7-12,15,17,22H,6,13-14,16H2,1-5H3,(H,35,36). The third-order valence-electron chi connectivity index (χ3n) is 8.38. The first kappa shape index (κ1) is 25.2. The van der Waals surface area contributed by atoms with Crippen molar-refractivity contribution < 1.29 is 4.79 Å². The zero-order valence-electron chi connectivity index (χ0n) is 22.2. The fourth-order valence-electron chi connectivity index (χ4n) is 5.33. The Hall–Kier alpha value is -3.49. The van der Waals surface area contributed by atoms with E-state index in [4.69, 9.17) is 4.98 Å². The van der Waals surface area contributed by atoms with Crippen LogP contribution in [0, 0.1) is 36.5 Å². The summed E-state index contributed by atoms with van der Waals surface area (Å²) in [5.74, 6) is 0.382. The Morgan fingerprint density at radius 1 is 1.16 bits per heavy atom. The number of thiophene rings is 1. The van der Waals surface area contributed by atoms with E-state index >= 15 is 0 Å². The molecule has 0 saturated carbocycles. The number of amides is 1. The SMILES string of the molecule is CCC(C)(C)C1CCc2c(sc(NC(=O)c3cc(-c4ccc(C)c(C)c4)nc4ccccc34)c2C#N)C1. The summed E-state index contributed by atoms with van der Waals surface area (Å²) in [6.07, 6.45) is 4.08. The molecule has 1 unspecified atom stereocenters. The number of rotatable bonds is 5. The topological polar surface area (TPSA) is 65.8 Å². The van der Waals surface area contributed by atoms with Crippen LogP contribution in [0.5, 0.6) is 0 Å². The van der Waals surface area contributed by atoms with Gasteiger partial charge in [0.05, 0.1) is 22.3 Å². The molecule has 1 aliphatic carbocycles. The van der Waals surface area contributed by atoms with E-state index in [1.165, 1.54) is 16.0 Å². The maximum absolute atomic E-state index is 13.7. The summed E-state index contributed by atoms with van der Waals surface area (Å²) < 4.78 is 0. The molecule has 2 aromatic heterocycles. The van der Waals surface area contributed by atoms with Gasteiger partial charge in [-0.3, -0.25) is 4.79 Å². The van der Waals surface area contributed by atoms with Gasteiger partial charge in [-0.2, -0.15) is 5.26 Å². The Kier molecular flexibility index (Phi) is 6.64. The number of benzene rings is 2. The summed E-state index contributed by atoms with van der Waals surface area (Å²) in [7, 11) is 0. The van der Waals surface area contributed by atoms with Gasteiger partial charge in [-0.15, -0.1) is 11.3 Å². The van der Waals surface area contributed by atoms with E-state index in [-0.39, 0.29) is 11.3 Å². The molecule has 1 atom stereocenters. The molecule has 2 aromatic carbocycles. The molecule has 1 aliphatic rings. The minimum Gasteiger partial charge on any atom is -0.312 e. The molecule has 1 amide bonds. The van der Waals surface area contributed by atoms with E-state index in [1.54, 1.807) is 11.3 Å². The van der Waals surface area contributed by atoms with Crippen LogP contribution in [0.15, 0.2) is 48.5 Å². The molecule has 188 valence electrons. The predicted molar refractivity (Wildman–Crippen MR) is 153 cm³/mol. The van der Waals surface area contributed by atoms with E-state index in [2.05, 4.69) is 64.2 Å². The van der Waals surface area contributed by atoms with Crippen LogP contribution in [0.3, 0.4) is 0 Å². The van der Waals surface area contributed by atoms with Gasteiger partial charge in [0.1, 0.15) is 11.1 Å². The predicted octanol–water partition coefficient (Wildman–Crippen LogP) is 8.25. The van der Waals surface area contributed by atoms with E-state index in [9.17, 15) is 10.1 Å². The maximum atomic E-state index is 13.7. The number of para-hydroxylation sites is 1. The van der Waals surface area contributed by atoms with E-state index in [0.717, 1.165) is 53.4 Å². The summed E-state index contributed by atoms with van der Waals surface area (Å²) >= 11 is 1.58. The molecule has 2 heterocycles. The third kappa shape index (κ3) is 4.67. The van der Waals surface area contributed by atoms with Gasteiger partial charge < -0.3 is 5.32 Å². The monoisotopic (exact) mass is 507 g/mol. The van der Waals surface area contributed by atoms with Gasteiger partial charge in [0.25, 0.3) is 5.91 Å². The Morgan fingerprint density at radius 2 is 1.95 bits per heavy atom. The fourth-order valence-corrected chi connectivity index (χ4v) is 6.60. The number of hydrogen-bond donors (Lipinski definition) is 1. The second-order valence-corrected chi connectivity index (χ2v) is 12.0. The second-order valence-electron chi connectivity index (χ2n) is 10.9. The van der Waals surface area contributed by atoms with Crippen molar-refractivity contribution in [1.82, 2.24) is 4.98 Å². The first-order chi connectivity index (χ1) is 17.7. The zero-order valence-corrected chi connectivity index (χ0v) is 23.1. The van der Waals surface area contributed by atoms with Crippen molar-refractivity contribution in [3.63, 3.8) is 0 Å². The van der Waals surface area contributed by atoms with E-state index < -0.39 is 0 Å². The number of carbonyl (C=O) groups is 1. The van der Waals surface area contributed by atoms with E-state index in [1.807, 2.05) is 30.3 Å². The summed E-state index contributed by atoms with van der Waals surface area (Å²) in [5, 5.41) is 14.6. The van der Waals surface area contributed by atoms with Crippen LogP contribution in [-0.4, -0.2) is 10.9 Å². The van der Waals surface area contributed by atoms with Crippen molar-refractivity contribution in [3.8, 4) is 17.3 Å². The molecule has 0 bridgehead atoms. The van der Waals surface area contributed by atoms with Crippen molar-refractivity contribution in [1.29, 1.82) is 5.26 Å². The highest BCUT2D eigenvalue weighted by atomic mass is 32.1. The van der Waals surface area contributed by atoms with Crippen LogP contribution in [-0.2, 0) is 12.8 Å². The average molecular weight is 508 g/mol. The minimum atomic E-state index is -0.204. The maximum Gasteiger partial charge on any atom is 0.257 e. The Morgan fingerprint density at radius 3 is 2.68 bits per heavy atom. The number of hydrogen-bond acceptors (Lipinski definition) is 4. The minimum absolute atomic E-state index is 0.204. The van der Waals surface area contributed by atoms with Gasteiger partial charge >= 0.3 is 0 Å². The highest BCUT2D eigenvalue weighted by Crippen LogP contribution is 2.45. The number of pyridine rings is 1. The number of aromatic nitrogens is 1. The van der Waals surface area contributed by atoms with Crippen molar-refractivity contribution in [3.05, 3.63) is 81.2 Å². The van der Waals surface area contributed by atoms with Gasteiger partial charge in [0, 0.05) is 15.8 Å². The summed E-state index contributed by atoms with van der Waals surface area (Å²) in [6.45, 7) is 11.1. The van der Waals surface area contributed by atoms with Crippen LogP contribution in [0.25, 0.3) is 22.2 Å². The molecule has 5 heteroatoms. The number of fused-ring (bicyclic) bond motifs is 2. The van der Waals surface area contributed by atoms with Gasteiger partial charge in [0.15, 0.2) is 0 Å². The Bertz CT molecular complexity index is 1560. The molecular weight excluding hydrogens is 474 g/mol. The lowest BCUT2D eigenvalue weighted by Crippen LogP contribution is -2.28. The quantitative estimate of drug-likeness (QED) is 0.296. The van der Waals surface area contributed by atoms with Crippen molar-refractivity contribution in [2.24, 2.45) is 11.3 Å². The molecule has 37 heavy (non-hydrogen) atoms. The molecular formula is C32H33N3OS. The highest BCUT2D eigenvalue weighted by molar-refractivity contribution is 7.16. The number of nitrogens with one attached hydrogen (secondary N) is 1. The summed E-state index contributed by atoms with van der Waals surface area (Å²) in [4.78, 5) is 19.9. The van der Waals surface area contributed by atoms with Crippen LogP contribution in [0.1, 0.15) is 71.1 Å². The number of nitrogens with zero attached hydrogens (tertiary/aromatic N) is 2. The van der Waals surface area contributed by atoms with E-state index in [0.29, 0.717) is 22.0 Å². The van der Waals surface area contributed by atoms with Gasteiger partial charge in [-0.05, 0) is 79.3 Å². The average Bonchev–Trinajstić information content (AvgIpc) is 3.25. The van der Waals surface area contributed by atoms with Crippen LogP contribution >= 0.6 is 11.3 Å². The number of aryl methyl sites for hydroxylation is 2. The summed E-state index contributed by atoms with van der Waals surface area (Å²) in [6, 6.07) is 18.3. The fraction of sp³-hybridized carbons (Fsp3) is 0.344. The molecule has 0 fully saturated rings. The Balaban J connectivity index is 1.52. The molecule has 1 N–H and O–H groups in total. The number of anilines is 1. The molecule has 0 spiro atoms. The Labute approximate surface area is 223 Å². The first-order valence-corrected chi connectivity index (χ1v) is 13.9. The van der Waals surface area contributed by atoms with Crippen LogP contribution in [0.2, 0.25) is 0 Å². The van der Waals surface area contributed by atoms with Gasteiger partial charge in [0.2, 0.25) is 0 Å². The van der Waals surface area contributed by atoms with Crippen molar-refractivity contribution >= 4 is 33.1 Å².